The third-order valence-electron chi connectivity index (χ3n) is 4.16. The Balaban J connectivity index is 1.45. The van der Waals surface area contributed by atoms with E-state index in [0.717, 1.165) is 32.8 Å². The van der Waals surface area contributed by atoms with E-state index in [4.69, 9.17) is 14.7 Å². The number of nitriles is 1. The molecule has 2 amide bonds. The molecule has 1 aliphatic rings. The number of carbonyl (C=O) groups excluding carboxylic acids is 1. The highest BCUT2D eigenvalue weighted by Gasteiger charge is 2.10. The van der Waals surface area contributed by atoms with Crippen LogP contribution >= 0.6 is 0 Å². The molecule has 0 aliphatic carbocycles. The van der Waals surface area contributed by atoms with Gasteiger partial charge in [-0.2, -0.15) is 5.26 Å². The van der Waals surface area contributed by atoms with Crippen LogP contribution in [-0.2, 0) is 4.74 Å². The fraction of sp³-hybridized carbons (Fsp3) is 0.300. The molecule has 0 saturated carbocycles. The number of carbonyl (C=O) groups is 1. The zero-order valence-corrected chi connectivity index (χ0v) is 15.0. The number of nitrogens with zero attached hydrogens (tertiary/aromatic N) is 2. The molecule has 0 aromatic heterocycles. The predicted molar refractivity (Wildman–Crippen MR) is 102 cm³/mol. The maximum Gasteiger partial charge on any atom is 0.319 e. The zero-order valence-electron chi connectivity index (χ0n) is 15.0. The highest BCUT2D eigenvalue weighted by atomic mass is 16.5. The lowest BCUT2D eigenvalue weighted by molar-refractivity contribution is 0.0388. The molecule has 27 heavy (non-hydrogen) atoms. The summed E-state index contributed by atoms with van der Waals surface area (Å²) in [5, 5.41) is 14.7. The Bertz CT molecular complexity index is 796. The predicted octanol–water partition coefficient (Wildman–Crippen LogP) is 2.80. The molecule has 3 rings (SSSR count). The number of benzene rings is 2. The second-order valence-corrected chi connectivity index (χ2v) is 6.07. The van der Waals surface area contributed by atoms with E-state index in [2.05, 4.69) is 21.6 Å². The summed E-state index contributed by atoms with van der Waals surface area (Å²) in [7, 11) is 0. The molecule has 0 radical (unpaired) electrons. The Hall–Kier alpha value is -3.08. The summed E-state index contributed by atoms with van der Waals surface area (Å²) in [5.41, 5.74) is 1.14. The van der Waals surface area contributed by atoms with Gasteiger partial charge in [0, 0.05) is 31.9 Å². The quantitative estimate of drug-likeness (QED) is 0.821. The van der Waals surface area contributed by atoms with Crippen LogP contribution in [0.5, 0.6) is 11.5 Å². The average Bonchev–Trinajstić information content (AvgIpc) is 2.71. The molecule has 7 nitrogen and oxygen atoms in total. The van der Waals surface area contributed by atoms with Crippen molar-refractivity contribution in [3.05, 3.63) is 54.1 Å². The number of hydrogen-bond donors (Lipinski definition) is 2. The maximum absolute atomic E-state index is 12.0. The summed E-state index contributed by atoms with van der Waals surface area (Å²) < 4.78 is 11.0. The highest BCUT2D eigenvalue weighted by molar-refractivity contribution is 5.89. The molecule has 2 aromatic carbocycles. The highest BCUT2D eigenvalue weighted by Crippen LogP contribution is 2.25. The van der Waals surface area contributed by atoms with Gasteiger partial charge in [0.05, 0.1) is 18.8 Å². The van der Waals surface area contributed by atoms with Crippen molar-refractivity contribution in [2.24, 2.45) is 0 Å². The summed E-state index contributed by atoms with van der Waals surface area (Å²) in [6, 6.07) is 15.9. The number of rotatable bonds is 6. The van der Waals surface area contributed by atoms with Gasteiger partial charge in [-0.15, -0.1) is 0 Å². The summed E-state index contributed by atoms with van der Waals surface area (Å²) in [6.07, 6.45) is 0. The zero-order chi connectivity index (χ0) is 18.9. The minimum Gasteiger partial charge on any atom is -0.456 e. The van der Waals surface area contributed by atoms with Crippen LogP contribution in [0.25, 0.3) is 0 Å². The van der Waals surface area contributed by atoms with Gasteiger partial charge >= 0.3 is 6.03 Å². The van der Waals surface area contributed by atoms with Gasteiger partial charge in [0.1, 0.15) is 17.6 Å². The topological polar surface area (TPSA) is 86.6 Å². The second-order valence-electron chi connectivity index (χ2n) is 6.07. The maximum atomic E-state index is 12.0. The van der Waals surface area contributed by atoms with Gasteiger partial charge in [-0.3, -0.25) is 4.90 Å². The number of para-hydroxylation sites is 1. The summed E-state index contributed by atoms with van der Waals surface area (Å²) >= 11 is 0. The molecule has 0 atom stereocenters. The Morgan fingerprint density at radius 2 is 1.89 bits per heavy atom. The normalized spacial score (nSPS) is 14.2. The van der Waals surface area contributed by atoms with Crippen LogP contribution in [0.3, 0.4) is 0 Å². The fourth-order valence-electron chi connectivity index (χ4n) is 2.71. The molecular formula is C20H22N4O3. The lowest BCUT2D eigenvalue weighted by atomic mass is 10.2. The van der Waals surface area contributed by atoms with Crippen LogP contribution in [0.2, 0.25) is 0 Å². The van der Waals surface area contributed by atoms with Crippen molar-refractivity contribution in [3.8, 4) is 17.6 Å². The molecule has 0 bridgehead atoms. The molecule has 1 saturated heterocycles. The van der Waals surface area contributed by atoms with E-state index in [1.54, 1.807) is 42.5 Å². The molecule has 2 aromatic rings. The van der Waals surface area contributed by atoms with Crippen LogP contribution < -0.4 is 15.4 Å². The van der Waals surface area contributed by atoms with Crippen molar-refractivity contribution in [1.82, 2.24) is 10.2 Å². The van der Waals surface area contributed by atoms with Crippen LogP contribution in [0.4, 0.5) is 10.5 Å². The van der Waals surface area contributed by atoms with E-state index in [1.807, 2.05) is 6.07 Å². The van der Waals surface area contributed by atoms with Crippen molar-refractivity contribution in [3.63, 3.8) is 0 Å². The summed E-state index contributed by atoms with van der Waals surface area (Å²) in [6.45, 7) is 4.69. The number of urea groups is 1. The number of anilines is 1. The van der Waals surface area contributed by atoms with Gasteiger partial charge in [0.15, 0.2) is 0 Å². The van der Waals surface area contributed by atoms with Crippen LogP contribution in [0.15, 0.2) is 48.5 Å². The van der Waals surface area contributed by atoms with Gasteiger partial charge in [-0.05, 0) is 36.4 Å². The Kier molecular flexibility index (Phi) is 6.63. The Labute approximate surface area is 158 Å². The Morgan fingerprint density at radius 1 is 1.15 bits per heavy atom. The van der Waals surface area contributed by atoms with E-state index in [1.165, 1.54) is 0 Å². The van der Waals surface area contributed by atoms with E-state index in [0.29, 0.717) is 29.3 Å². The average molecular weight is 366 g/mol. The molecule has 140 valence electrons. The largest absolute Gasteiger partial charge is 0.456 e. The van der Waals surface area contributed by atoms with Gasteiger partial charge in [0.25, 0.3) is 0 Å². The number of amides is 2. The minimum atomic E-state index is -0.244. The molecular weight excluding hydrogens is 344 g/mol. The van der Waals surface area contributed by atoms with Gasteiger partial charge in [-0.1, -0.05) is 12.1 Å². The minimum absolute atomic E-state index is 0.244. The molecule has 7 heteroatoms. The van der Waals surface area contributed by atoms with Gasteiger partial charge in [0.2, 0.25) is 0 Å². The summed E-state index contributed by atoms with van der Waals surface area (Å²) in [5.74, 6) is 1.09. The first-order valence-corrected chi connectivity index (χ1v) is 8.86. The van der Waals surface area contributed by atoms with Crippen molar-refractivity contribution >= 4 is 11.7 Å². The van der Waals surface area contributed by atoms with Gasteiger partial charge in [-0.25, -0.2) is 4.79 Å². The number of hydrogen-bond acceptors (Lipinski definition) is 5. The molecule has 1 heterocycles. The van der Waals surface area contributed by atoms with E-state index in [9.17, 15) is 4.79 Å². The Morgan fingerprint density at radius 3 is 2.63 bits per heavy atom. The van der Waals surface area contributed by atoms with E-state index < -0.39 is 0 Å². The summed E-state index contributed by atoms with van der Waals surface area (Å²) in [4.78, 5) is 14.2. The standard InChI is InChI=1S/C20H22N4O3/c21-15-16-3-1-2-4-19(16)27-18-7-5-17(6-8-18)23-20(25)22-9-10-24-11-13-26-14-12-24/h1-8H,9-14H2,(H2,22,23,25). The van der Waals surface area contributed by atoms with Crippen LogP contribution in [0, 0.1) is 11.3 Å². The van der Waals surface area contributed by atoms with Gasteiger partial charge < -0.3 is 20.1 Å². The SMILES string of the molecule is N#Cc1ccccc1Oc1ccc(NC(=O)NCCN2CCOCC2)cc1. The first-order chi connectivity index (χ1) is 13.2. The molecule has 2 N–H and O–H groups in total. The lowest BCUT2D eigenvalue weighted by Crippen LogP contribution is -2.42. The second kappa shape index (κ2) is 9.57. The number of nitrogens with one attached hydrogen (secondary N) is 2. The third-order valence-corrected chi connectivity index (χ3v) is 4.16. The van der Waals surface area contributed by atoms with Crippen molar-refractivity contribution in [2.45, 2.75) is 0 Å². The van der Waals surface area contributed by atoms with Crippen molar-refractivity contribution in [2.75, 3.05) is 44.7 Å². The van der Waals surface area contributed by atoms with E-state index >= 15 is 0 Å². The first-order valence-electron chi connectivity index (χ1n) is 8.86. The molecule has 1 aliphatic heterocycles. The van der Waals surface area contributed by atoms with Crippen molar-refractivity contribution in [1.29, 1.82) is 5.26 Å². The van der Waals surface area contributed by atoms with E-state index in [-0.39, 0.29) is 6.03 Å². The fourth-order valence-corrected chi connectivity index (χ4v) is 2.71. The number of morpholine rings is 1. The first kappa shape index (κ1) is 18.7. The van der Waals surface area contributed by atoms with Crippen LogP contribution in [0.1, 0.15) is 5.56 Å². The molecule has 1 fully saturated rings. The lowest BCUT2D eigenvalue weighted by Gasteiger charge is -2.26. The number of ether oxygens (including phenoxy) is 2. The third kappa shape index (κ3) is 5.71. The monoisotopic (exact) mass is 366 g/mol. The smallest absolute Gasteiger partial charge is 0.319 e. The van der Waals surface area contributed by atoms with Crippen LogP contribution in [-0.4, -0.2) is 50.3 Å². The molecule has 0 spiro atoms. The van der Waals surface area contributed by atoms with Crippen molar-refractivity contribution < 1.29 is 14.3 Å². The molecule has 0 unspecified atom stereocenters.